The minimum atomic E-state index is 0.710. The maximum atomic E-state index is 5.25. The molecular weight excluding hydrogens is 216 g/mol. The zero-order chi connectivity index (χ0) is 12.3. The average Bonchev–Trinajstić information content (AvgIpc) is 2.72. The molecule has 0 amide bonds. The normalized spacial score (nSPS) is 10.3. The Morgan fingerprint density at radius 1 is 1.35 bits per heavy atom. The van der Waals surface area contributed by atoms with Crippen molar-refractivity contribution in [3.8, 4) is 5.75 Å². The van der Waals surface area contributed by atoms with Gasteiger partial charge < -0.3 is 10.1 Å². The second-order valence-electron chi connectivity index (χ2n) is 3.90. The van der Waals surface area contributed by atoms with Crippen LogP contribution < -0.4 is 10.1 Å². The van der Waals surface area contributed by atoms with Gasteiger partial charge in [-0.3, -0.25) is 10.1 Å². The van der Waals surface area contributed by atoms with Gasteiger partial charge in [0.05, 0.1) is 25.2 Å². The molecule has 0 bridgehead atoms. The van der Waals surface area contributed by atoms with Crippen molar-refractivity contribution >= 4 is 5.69 Å². The van der Waals surface area contributed by atoms with E-state index in [1.807, 2.05) is 26.1 Å². The molecule has 0 aliphatic carbocycles. The highest BCUT2D eigenvalue weighted by atomic mass is 16.5. The molecule has 2 N–H and O–H groups in total. The molecule has 5 nitrogen and oxygen atoms in total. The van der Waals surface area contributed by atoms with Crippen molar-refractivity contribution in [1.82, 2.24) is 15.2 Å². The lowest BCUT2D eigenvalue weighted by Gasteiger charge is -2.11. The second kappa shape index (κ2) is 4.86. The van der Waals surface area contributed by atoms with Crippen LogP contribution in [0.25, 0.3) is 0 Å². The largest absolute Gasteiger partial charge is 0.493 e. The summed E-state index contributed by atoms with van der Waals surface area (Å²) < 4.78 is 5.25. The van der Waals surface area contributed by atoms with E-state index in [1.165, 1.54) is 0 Å². The Balaban J connectivity index is 2.13. The van der Waals surface area contributed by atoms with Crippen molar-refractivity contribution in [2.75, 3.05) is 12.4 Å². The van der Waals surface area contributed by atoms with Gasteiger partial charge in [-0.15, -0.1) is 0 Å². The quantitative estimate of drug-likeness (QED) is 0.846. The van der Waals surface area contributed by atoms with E-state index < -0.39 is 0 Å². The highest BCUT2D eigenvalue weighted by Gasteiger charge is 2.05. The first-order valence-corrected chi connectivity index (χ1v) is 5.44. The van der Waals surface area contributed by atoms with Gasteiger partial charge in [-0.25, -0.2) is 0 Å². The molecule has 17 heavy (non-hydrogen) atoms. The molecule has 0 aliphatic heterocycles. The average molecular weight is 232 g/mol. The molecule has 0 radical (unpaired) electrons. The van der Waals surface area contributed by atoms with Gasteiger partial charge in [0, 0.05) is 23.5 Å². The van der Waals surface area contributed by atoms with E-state index in [0.29, 0.717) is 6.54 Å². The van der Waals surface area contributed by atoms with Gasteiger partial charge in [-0.2, -0.15) is 5.10 Å². The smallest absolute Gasteiger partial charge is 0.160 e. The van der Waals surface area contributed by atoms with Gasteiger partial charge in [-0.1, -0.05) is 0 Å². The predicted molar refractivity (Wildman–Crippen MR) is 66.2 cm³/mol. The van der Waals surface area contributed by atoms with Gasteiger partial charge in [0.1, 0.15) is 0 Å². The SMILES string of the molecule is COc1cnc(C)cc1NCc1cn[nH]c1C. The number of aromatic amines is 1. The monoisotopic (exact) mass is 232 g/mol. The molecule has 90 valence electrons. The van der Waals surface area contributed by atoms with Crippen molar-refractivity contribution in [3.63, 3.8) is 0 Å². The zero-order valence-corrected chi connectivity index (χ0v) is 10.2. The summed E-state index contributed by atoms with van der Waals surface area (Å²) in [5, 5.41) is 10.2. The maximum absolute atomic E-state index is 5.25. The van der Waals surface area contributed by atoms with Crippen LogP contribution in [0.2, 0.25) is 0 Å². The van der Waals surface area contributed by atoms with Crippen LogP contribution in [0.3, 0.4) is 0 Å². The number of H-pyrrole nitrogens is 1. The van der Waals surface area contributed by atoms with E-state index in [4.69, 9.17) is 4.74 Å². The third-order valence-electron chi connectivity index (χ3n) is 2.63. The summed E-state index contributed by atoms with van der Waals surface area (Å²) in [4.78, 5) is 4.19. The zero-order valence-electron chi connectivity index (χ0n) is 10.2. The Labute approximate surface area is 100 Å². The second-order valence-corrected chi connectivity index (χ2v) is 3.90. The molecular formula is C12H16N4O. The van der Waals surface area contributed by atoms with Crippen molar-refractivity contribution < 1.29 is 4.74 Å². The molecule has 2 heterocycles. The fourth-order valence-electron chi connectivity index (χ4n) is 1.59. The van der Waals surface area contributed by atoms with Crippen LogP contribution in [0.5, 0.6) is 5.75 Å². The standard InChI is InChI=1S/C12H16N4O/c1-8-4-11(12(17-3)7-13-8)14-5-10-6-15-16-9(10)2/h4,6-7H,5H2,1-3H3,(H,13,14)(H,15,16). The number of hydrogen-bond acceptors (Lipinski definition) is 4. The summed E-state index contributed by atoms with van der Waals surface area (Å²) in [6.45, 7) is 4.66. The molecule has 0 aromatic carbocycles. The van der Waals surface area contributed by atoms with Crippen molar-refractivity contribution in [2.24, 2.45) is 0 Å². The highest BCUT2D eigenvalue weighted by Crippen LogP contribution is 2.24. The molecule has 2 rings (SSSR count). The molecule has 0 fully saturated rings. The van der Waals surface area contributed by atoms with Gasteiger partial charge in [0.2, 0.25) is 0 Å². The molecule has 2 aromatic rings. The molecule has 0 unspecified atom stereocenters. The lowest BCUT2D eigenvalue weighted by molar-refractivity contribution is 0.414. The van der Waals surface area contributed by atoms with E-state index >= 15 is 0 Å². The number of ether oxygens (including phenoxy) is 1. The van der Waals surface area contributed by atoms with Gasteiger partial charge in [-0.05, 0) is 19.9 Å². The van der Waals surface area contributed by atoms with Crippen LogP contribution in [-0.2, 0) is 6.54 Å². The number of methoxy groups -OCH3 is 1. The van der Waals surface area contributed by atoms with Crippen LogP contribution in [0.15, 0.2) is 18.5 Å². The first-order valence-electron chi connectivity index (χ1n) is 5.44. The van der Waals surface area contributed by atoms with Crippen molar-refractivity contribution in [2.45, 2.75) is 20.4 Å². The third kappa shape index (κ3) is 2.55. The minimum Gasteiger partial charge on any atom is -0.493 e. The fraction of sp³-hybridized carbons (Fsp3) is 0.333. The van der Waals surface area contributed by atoms with Gasteiger partial charge >= 0.3 is 0 Å². The number of rotatable bonds is 4. The molecule has 0 saturated heterocycles. The topological polar surface area (TPSA) is 62.8 Å². The Kier molecular flexibility index (Phi) is 3.27. The summed E-state index contributed by atoms with van der Waals surface area (Å²) >= 11 is 0. The number of pyridine rings is 1. The van der Waals surface area contributed by atoms with E-state index in [9.17, 15) is 0 Å². The molecule has 0 aliphatic rings. The van der Waals surface area contributed by atoms with Crippen LogP contribution in [0, 0.1) is 13.8 Å². The summed E-state index contributed by atoms with van der Waals surface area (Å²) in [7, 11) is 1.64. The molecule has 0 saturated carbocycles. The van der Waals surface area contributed by atoms with E-state index in [-0.39, 0.29) is 0 Å². The first kappa shape index (κ1) is 11.4. The van der Waals surface area contributed by atoms with E-state index in [1.54, 1.807) is 13.3 Å². The Hall–Kier alpha value is -2.04. The van der Waals surface area contributed by atoms with Gasteiger partial charge in [0.25, 0.3) is 0 Å². The minimum absolute atomic E-state index is 0.710. The summed E-state index contributed by atoms with van der Waals surface area (Å²) in [5.41, 5.74) is 4.11. The number of aryl methyl sites for hydroxylation is 2. The summed E-state index contributed by atoms with van der Waals surface area (Å²) in [6.07, 6.45) is 3.54. The number of hydrogen-bond donors (Lipinski definition) is 2. The molecule has 0 spiro atoms. The van der Waals surface area contributed by atoms with Crippen LogP contribution in [0.1, 0.15) is 17.0 Å². The Morgan fingerprint density at radius 3 is 2.82 bits per heavy atom. The lowest BCUT2D eigenvalue weighted by Crippen LogP contribution is -2.02. The van der Waals surface area contributed by atoms with Gasteiger partial charge in [0.15, 0.2) is 5.75 Å². The van der Waals surface area contributed by atoms with Crippen LogP contribution >= 0.6 is 0 Å². The number of anilines is 1. The maximum Gasteiger partial charge on any atom is 0.160 e. The summed E-state index contributed by atoms with van der Waals surface area (Å²) in [6, 6.07) is 1.97. The summed E-state index contributed by atoms with van der Waals surface area (Å²) in [5.74, 6) is 0.747. The van der Waals surface area contributed by atoms with Crippen LogP contribution in [0.4, 0.5) is 5.69 Å². The van der Waals surface area contributed by atoms with E-state index in [2.05, 4.69) is 20.5 Å². The van der Waals surface area contributed by atoms with Crippen molar-refractivity contribution in [1.29, 1.82) is 0 Å². The van der Waals surface area contributed by atoms with Crippen LogP contribution in [-0.4, -0.2) is 22.3 Å². The predicted octanol–water partition coefficient (Wildman–Crippen LogP) is 2.04. The van der Waals surface area contributed by atoms with Crippen molar-refractivity contribution in [3.05, 3.63) is 35.4 Å². The molecule has 5 heteroatoms. The lowest BCUT2D eigenvalue weighted by atomic mass is 10.2. The molecule has 0 atom stereocenters. The number of aromatic nitrogens is 3. The first-order chi connectivity index (χ1) is 8.20. The molecule has 2 aromatic heterocycles. The number of nitrogens with zero attached hydrogens (tertiary/aromatic N) is 2. The highest BCUT2D eigenvalue weighted by molar-refractivity contribution is 5.56. The number of nitrogens with one attached hydrogen (secondary N) is 2. The third-order valence-corrected chi connectivity index (χ3v) is 2.63. The van der Waals surface area contributed by atoms with E-state index in [0.717, 1.165) is 28.4 Å². The Bertz CT molecular complexity index is 507. The Morgan fingerprint density at radius 2 is 2.18 bits per heavy atom. The fourth-order valence-corrected chi connectivity index (χ4v) is 1.59.